The molecule has 4 rings (SSSR count). The largest absolute Gasteiger partial charge is 0.488 e. The molecule has 31 heavy (non-hydrogen) atoms. The van der Waals surface area contributed by atoms with E-state index in [4.69, 9.17) is 15.2 Å². The van der Waals surface area contributed by atoms with Gasteiger partial charge in [-0.05, 0) is 46.5 Å². The van der Waals surface area contributed by atoms with E-state index in [1.165, 1.54) is 16.7 Å². The Kier molecular flexibility index (Phi) is 6.02. The predicted octanol–water partition coefficient (Wildman–Crippen LogP) is 5.27. The van der Waals surface area contributed by atoms with Crippen LogP contribution in [0.1, 0.15) is 39.8 Å². The predicted molar refractivity (Wildman–Crippen MR) is 123 cm³/mol. The first kappa shape index (κ1) is 21.0. The monoisotopic (exact) mass is 432 g/mol. The van der Waals surface area contributed by atoms with Crippen molar-refractivity contribution in [1.29, 1.82) is 0 Å². The zero-order valence-electron chi connectivity index (χ0n) is 17.5. The summed E-state index contributed by atoms with van der Waals surface area (Å²) in [7, 11) is 1.65. The molecule has 1 unspecified atom stereocenters. The summed E-state index contributed by atoms with van der Waals surface area (Å²) in [4.78, 5) is 16.7. The van der Waals surface area contributed by atoms with Crippen LogP contribution in [0.4, 0.5) is 0 Å². The summed E-state index contributed by atoms with van der Waals surface area (Å²) in [5.74, 6) is -0.0970. The van der Waals surface area contributed by atoms with E-state index in [1.807, 2.05) is 36.6 Å². The average molecular weight is 433 g/mol. The normalized spacial score (nSPS) is 13.1. The van der Waals surface area contributed by atoms with Crippen LogP contribution < -0.4 is 10.5 Å². The summed E-state index contributed by atoms with van der Waals surface area (Å²) in [6.45, 7) is 2.36. The number of ether oxygens (including phenoxy) is 2. The van der Waals surface area contributed by atoms with Gasteiger partial charge < -0.3 is 15.2 Å². The number of primary amides is 1. The van der Waals surface area contributed by atoms with Gasteiger partial charge in [0.25, 0.3) is 5.91 Å². The summed E-state index contributed by atoms with van der Waals surface area (Å²) >= 11 is 1.52. The minimum absolute atomic E-state index is 0.324. The fourth-order valence-electron chi connectivity index (χ4n) is 3.84. The third-order valence-corrected chi connectivity index (χ3v) is 6.46. The van der Waals surface area contributed by atoms with Gasteiger partial charge >= 0.3 is 0 Å². The van der Waals surface area contributed by atoms with Crippen molar-refractivity contribution in [1.82, 2.24) is 4.98 Å². The fraction of sp³-hybridized carbons (Fsp3) is 0.200. The summed E-state index contributed by atoms with van der Waals surface area (Å²) in [5, 5.41) is 5.06. The van der Waals surface area contributed by atoms with Gasteiger partial charge in [0.1, 0.15) is 23.0 Å². The molecule has 0 saturated heterocycles. The van der Waals surface area contributed by atoms with E-state index >= 15 is 0 Å². The maximum atomic E-state index is 12.2. The van der Waals surface area contributed by atoms with E-state index in [0.29, 0.717) is 24.3 Å². The first-order chi connectivity index (χ1) is 15.1. The number of thiazole rings is 1. The van der Waals surface area contributed by atoms with E-state index in [2.05, 4.69) is 29.2 Å². The molecule has 1 amide bonds. The van der Waals surface area contributed by atoms with Crippen LogP contribution in [0.3, 0.4) is 0 Å². The number of hydrogen-bond acceptors (Lipinski definition) is 5. The lowest BCUT2D eigenvalue weighted by molar-refractivity contribution is 0.0183. The zero-order chi connectivity index (χ0) is 21.8. The van der Waals surface area contributed by atoms with Gasteiger partial charge in [-0.1, -0.05) is 49.4 Å². The van der Waals surface area contributed by atoms with Gasteiger partial charge in [0.05, 0.1) is 5.56 Å². The van der Waals surface area contributed by atoms with Crippen molar-refractivity contribution in [2.45, 2.75) is 25.6 Å². The maximum Gasteiger partial charge on any atom is 0.252 e. The quantitative estimate of drug-likeness (QED) is 0.411. The number of methoxy groups -OCH3 is 1. The molecule has 4 aromatic rings. The molecule has 6 heteroatoms. The van der Waals surface area contributed by atoms with E-state index in [0.717, 1.165) is 21.5 Å². The molecular weight excluding hydrogens is 408 g/mol. The Balaban J connectivity index is 1.65. The first-order valence-corrected chi connectivity index (χ1v) is 11.0. The third-order valence-electron chi connectivity index (χ3n) is 5.54. The highest BCUT2D eigenvalue weighted by molar-refractivity contribution is 7.09. The summed E-state index contributed by atoms with van der Waals surface area (Å²) in [6, 6.07) is 19.8. The second-order valence-electron chi connectivity index (χ2n) is 7.27. The van der Waals surface area contributed by atoms with Crippen LogP contribution in [-0.4, -0.2) is 18.0 Å². The molecule has 0 aliphatic carbocycles. The van der Waals surface area contributed by atoms with E-state index in [-0.39, 0.29) is 0 Å². The molecule has 1 aromatic heterocycles. The van der Waals surface area contributed by atoms with Crippen molar-refractivity contribution in [2.24, 2.45) is 5.73 Å². The number of carbonyl (C=O) groups excluding carboxylic acids is 1. The number of aromatic nitrogens is 1. The van der Waals surface area contributed by atoms with E-state index in [9.17, 15) is 4.79 Å². The Morgan fingerprint density at radius 2 is 1.90 bits per heavy atom. The molecule has 0 fully saturated rings. The van der Waals surface area contributed by atoms with Gasteiger partial charge in [0.2, 0.25) is 0 Å². The number of amides is 1. The molecule has 3 aromatic carbocycles. The number of rotatable bonds is 8. The van der Waals surface area contributed by atoms with Crippen LogP contribution in [0, 0.1) is 0 Å². The molecule has 1 atom stereocenters. The standard InChI is InChI=1S/C25H24N2O3S/c1-3-25(29-2,24-27-12-13-31-24)20-10-11-22(21(15-20)23(26)28)30-16-17-8-9-18-6-4-5-7-19(18)14-17/h4-15H,3,16H2,1-2H3,(H2,26,28). The van der Waals surface area contributed by atoms with Crippen molar-refractivity contribution in [2.75, 3.05) is 7.11 Å². The van der Waals surface area contributed by atoms with Gasteiger partial charge in [-0.2, -0.15) is 0 Å². The van der Waals surface area contributed by atoms with Gasteiger partial charge in [-0.25, -0.2) is 4.98 Å². The van der Waals surface area contributed by atoms with Gasteiger partial charge in [-0.15, -0.1) is 11.3 Å². The highest BCUT2D eigenvalue weighted by Gasteiger charge is 2.36. The van der Waals surface area contributed by atoms with Crippen molar-refractivity contribution < 1.29 is 14.3 Å². The maximum absolute atomic E-state index is 12.2. The Bertz CT molecular complexity index is 1200. The Morgan fingerprint density at radius 3 is 2.58 bits per heavy atom. The SMILES string of the molecule is CCC(OC)(c1ccc(OCc2ccc3ccccc3c2)c(C(N)=O)c1)c1nccs1. The Hall–Kier alpha value is -3.22. The van der Waals surface area contributed by atoms with Crippen LogP contribution in [0.25, 0.3) is 10.8 Å². The van der Waals surface area contributed by atoms with Crippen molar-refractivity contribution in [3.8, 4) is 5.75 Å². The van der Waals surface area contributed by atoms with Gasteiger partial charge in [0.15, 0.2) is 0 Å². The smallest absolute Gasteiger partial charge is 0.252 e. The fourth-order valence-corrected chi connectivity index (χ4v) is 4.75. The summed E-state index contributed by atoms with van der Waals surface area (Å²) < 4.78 is 11.9. The van der Waals surface area contributed by atoms with Crippen LogP contribution in [0.2, 0.25) is 0 Å². The molecule has 0 aliphatic heterocycles. The lowest BCUT2D eigenvalue weighted by Crippen LogP contribution is -2.29. The van der Waals surface area contributed by atoms with Crippen LogP contribution in [0.15, 0.2) is 72.2 Å². The molecular formula is C25H24N2O3S. The van der Waals surface area contributed by atoms with E-state index < -0.39 is 11.5 Å². The second kappa shape index (κ2) is 8.88. The summed E-state index contributed by atoms with van der Waals surface area (Å²) in [5.41, 5.74) is 7.12. The van der Waals surface area contributed by atoms with Crippen LogP contribution in [0.5, 0.6) is 5.75 Å². The number of fused-ring (bicyclic) bond motifs is 1. The lowest BCUT2D eigenvalue weighted by Gasteiger charge is -2.30. The molecule has 158 valence electrons. The number of benzene rings is 3. The summed E-state index contributed by atoms with van der Waals surface area (Å²) in [6.07, 6.45) is 2.41. The topological polar surface area (TPSA) is 74.4 Å². The second-order valence-corrected chi connectivity index (χ2v) is 8.16. The molecule has 5 nitrogen and oxygen atoms in total. The van der Waals surface area contributed by atoms with E-state index in [1.54, 1.807) is 25.4 Å². The Labute approximate surface area is 185 Å². The molecule has 1 heterocycles. The average Bonchev–Trinajstić information content (AvgIpc) is 3.34. The van der Waals surface area contributed by atoms with Crippen LogP contribution in [-0.2, 0) is 16.9 Å². The Morgan fingerprint density at radius 1 is 1.10 bits per heavy atom. The molecule has 0 spiro atoms. The molecule has 0 radical (unpaired) electrons. The lowest BCUT2D eigenvalue weighted by atomic mass is 9.89. The highest BCUT2D eigenvalue weighted by atomic mass is 32.1. The molecule has 2 N–H and O–H groups in total. The molecule has 0 saturated carbocycles. The third kappa shape index (κ3) is 4.04. The minimum Gasteiger partial charge on any atom is -0.488 e. The van der Waals surface area contributed by atoms with Gasteiger partial charge in [0, 0.05) is 18.7 Å². The number of nitrogens with two attached hydrogens (primary N) is 1. The minimum atomic E-state index is -0.741. The van der Waals surface area contributed by atoms with Crippen molar-refractivity contribution in [3.05, 3.63) is 93.9 Å². The highest BCUT2D eigenvalue weighted by Crippen LogP contribution is 2.39. The van der Waals surface area contributed by atoms with Crippen LogP contribution >= 0.6 is 11.3 Å². The molecule has 0 bridgehead atoms. The number of hydrogen-bond donors (Lipinski definition) is 1. The zero-order valence-corrected chi connectivity index (χ0v) is 18.3. The first-order valence-electron chi connectivity index (χ1n) is 10.1. The van der Waals surface area contributed by atoms with Crippen molar-refractivity contribution >= 4 is 28.0 Å². The number of carbonyl (C=O) groups is 1. The van der Waals surface area contributed by atoms with Crippen molar-refractivity contribution in [3.63, 3.8) is 0 Å². The number of nitrogens with zero attached hydrogens (tertiary/aromatic N) is 1. The van der Waals surface area contributed by atoms with Gasteiger partial charge in [-0.3, -0.25) is 4.79 Å². The molecule has 0 aliphatic rings.